The van der Waals surface area contributed by atoms with Gasteiger partial charge in [-0.25, -0.2) is 4.98 Å². The highest BCUT2D eigenvalue weighted by molar-refractivity contribution is 8.00. The fourth-order valence-electron chi connectivity index (χ4n) is 4.16. The number of nitrogens with one attached hydrogen (secondary N) is 2. The molecule has 8 heteroatoms. The first-order valence-electron chi connectivity index (χ1n) is 12.6. The fraction of sp³-hybridized carbons (Fsp3) is 0.0938. The molecule has 0 bridgehead atoms. The number of carbonyl (C=O) groups excluding carboxylic acids is 2. The van der Waals surface area contributed by atoms with Crippen LogP contribution in [0.5, 0.6) is 5.75 Å². The van der Waals surface area contributed by atoms with E-state index in [2.05, 4.69) is 15.6 Å². The van der Waals surface area contributed by atoms with Crippen LogP contribution in [0.4, 0.5) is 10.8 Å². The number of aromatic nitrogens is 1. The lowest BCUT2D eigenvalue weighted by Gasteiger charge is -2.16. The topological polar surface area (TPSA) is 80.3 Å². The van der Waals surface area contributed by atoms with Gasteiger partial charge in [0.2, 0.25) is 5.91 Å². The van der Waals surface area contributed by atoms with Crippen molar-refractivity contribution in [3.63, 3.8) is 0 Å². The van der Waals surface area contributed by atoms with Crippen molar-refractivity contribution in [2.75, 3.05) is 17.7 Å². The molecule has 5 aromatic rings. The molecule has 200 valence electrons. The molecule has 0 saturated carbocycles. The highest BCUT2D eigenvalue weighted by Gasteiger charge is 2.23. The van der Waals surface area contributed by atoms with Crippen LogP contribution < -0.4 is 15.4 Å². The Hall–Kier alpha value is -4.40. The number of methoxy groups -OCH3 is 1. The van der Waals surface area contributed by atoms with Crippen molar-refractivity contribution < 1.29 is 14.3 Å². The summed E-state index contributed by atoms with van der Waals surface area (Å²) < 4.78 is 5.46. The van der Waals surface area contributed by atoms with E-state index >= 15 is 0 Å². The summed E-state index contributed by atoms with van der Waals surface area (Å²) in [5, 5.41) is 7.86. The predicted octanol–water partition coefficient (Wildman–Crippen LogP) is 7.85. The Bertz CT molecular complexity index is 1620. The highest BCUT2D eigenvalue weighted by atomic mass is 32.2. The molecule has 40 heavy (non-hydrogen) atoms. The largest absolute Gasteiger partial charge is 0.496 e. The molecule has 0 aliphatic rings. The lowest BCUT2D eigenvalue weighted by molar-refractivity contribution is -0.115. The summed E-state index contributed by atoms with van der Waals surface area (Å²) >= 11 is 2.81. The Morgan fingerprint density at radius 2 is 1.55 bits per heavy atom. The molecule has 1 aromatic heterocycles. The zero-order valence-corrected chi connectivity index (χ0v) is 23.6. The molecule has 4 aromatic carbocycles. The molecule has 0 radical (unpaired) electrons. The number of para-hydroxylation sites is 1. The first-order valence-corrected chi connectivity index (χ1v) is 14.4. The second-order valence-corrected chi connectivity index (χ2v) is 11.0. The molecule has 0 saturated heterocycles. The summed E-state index contributed by atoms with van der Waals surface area (Å²) in [7, 11) is 1.63. The Morgan fingerprint density at radius 1 is 0.850 bits per heavy atom. The summed E-state index contributed by atoms with van der Waals surface area (Å²) in [6.45, 7) is 1.91. The van der Waals surface area contributed by atoms with Gasteiger partial charge in [0.15, 0.2) is 5.13 Å². The van der Waals surface area contributed by atoms with E-state index in [1.807, 2.05) is 109 Å². The van der Waals surface area contributed by atoms with Crippen LogP contribution in [0.3, 0.4) is 0 Å². The monoisotopic (exact) mass is 565 g/mol. The number of carbonyl (C=O) groups is 2. The minimum Gasteiger partial charge on any atom is -0.496 e. The van der Waals surface area contributed by atoms with Gasteiger partial charge in [0.1, 0.15) is 11.0 Å². The van der Waals surface area contributed by atoms with Gasteiger partial charge < -0.3 is 15.4 Å². The molecule has 1 atom stereocenters. The van der Waals surface area contributed by atoms with Gasteiger partial charge in [-0.2, -0.15) is 0 Å². The van der Waals surface area contributed by atoms with E-state index in [4.69, 9.17) is 4.74 Å². The van der Waals surface area contributed by atoms with Crippen LogP contribution in [0.1, 0.15) is 26.7 Å². The van der Waals surface area contributed by atoms with Gasteiger partial charge in [-0.05, 0) is 60.5 Å². The van der Waals surface area contributed by atoms with Crippen LogP contribution in [0, 0.1) is 6.92 Å². The summed E-state index contributed by atoms with van der Waals surface area (Å²) in [4.78, 5) is 31.8. The number of amides is 2. The zero-order chi connectivity index (χ0) is 27.9. The number of benzene rings is 4. The number of aryl methyl sites for hydroxylation is 1. The van der Waals surface area contributed by atoms with E-state index in [0.717, 1.165) is 33.0 Å². The van der Waals surface area contributed by atoms with Gasteiger partial charge in [-0.15, -0.1) is 23.1 Å². The van der Waals surface area contributed by atoms with Crippen LogP contribution in [-0.4, -0.2) is 23.9 Å². The van der Waals surface area contributed by atoms with E-state index in [-0.39, 0.29) is 11.8 Å². The second kappa shape index (κ2) is 12.6. The van der Waals surface area contributed by atoms with E-state index in [9.17, 15) is 9.59 Å². The van der Waals surface area contributed by atoms with E-state index in [0.29, 0.717) is 16.4 Å². The van der Waals surface area contributed by atoms with Crippen molar-refractivity contribution in [3.05, 3.63) is 125 Å². The van der Waals surface area contributed by atoms with Crippen LogP contribution in [0.2, 0.25) is 0 Å². The van der Waals surface area contributed by atoms with Crippen LogP contribution in [0.25, 0.3) is 11.3 Å². The summed E-state index contributed by atoms with van der Waals surface area (Å²) in [5.74, 6) is 0.395. The first kappa shape index (κ1) is 27.2. The van der Waals surface area contributed by atoms with Crippen LogP contribution >= 0.6 is 23.1 Å². The van der Waals surface area contributed by atoms with Gasteiger partial charge in [0.25, 0.3) is 5.91 Å². The molecular formula is C32H27N3O3S2. The van der Waals surface area contributed by atoms with E-state index in [1.54, 1.807) is 13.2 Å². The molecule has 5 rings (SSSR count). The molecule has 0 aliphatic carbocycles. The molecule has 2 amide bonds. The Kier molecular flexibility index (Phi) is 8.59. The SMILES string of the molecule is COc1ccccc1-c1csc(NC(=O)C(Sc2ccc(NC(=O)c3ccccc3C)cc2)c2ccccc2)n1. The lowest BCUT2D eigenvalue weighted by atomic mass is 10.1. The number of thioether (sulfide) groups is 1. The molecule has 6 nitrogen and oxygen atoms in total. The van der Waals surface area contributed by atoms with Gasteiger partial charge in [-0.1, -0.05) is 60.7 Å². The molecule has 1 unspecified atom stereocenters. The van der Waals surface area contributed by atoms with Crippen LogP contribution in [0.15, 0.2) is 113 Å². The number of anilines is 2. The predicted molar refractivity (Wildman–Crippen MR) is 163 cm³/mol. The molecule has 2 N–H and O–H groups in total. The van der Waals surface area contributed by atoms with Gasteiger partial charge >= 0.3 is 0 Å². The lowest BCUT2D eigenvalue weighted by Crippen LogP contribution is -2.19. The van der Waals surface area contributed by atoms with E-state index in [1.165, 1.54) is 23.1 Å². The molecular weight excluding hydrogens is 539 g/mol. The van der Waals surface area contributed by atoms with Crippen molar-refractivity contribution in [1.29, 1.82) is 0 Å². The Morgan fingerprint density at radius 3 is 2.30 bits per heavy atom. The molecule has 0 spiro atoms. The molecule has 0 fully saturated rings. The van der Waals surface area contributed by atoms with Crippen molar-refractivity contribution in [3.8, 4) is 17.0 Å². The molecule has 1 heterocycles. The summed E-state index contributed by atoms with van der Waals surface area (Å²) in [6, 6.07) is 32.3. The maximum Gasteiger partial charge on any atom is 0.255 e. The van der Waals surface area contributed by atoms with Crippen molar-refractivity contribution >= 4 is 45.7 Å². The zero-order valence-electron chi connectivity index (χ0n) is 22.0. The van der Waals surface area contributed by atoms with Crippen LogP contribution in [-0.2, 0) is 4.79 Å². The smallest absolute Gasteiger partial charge is 0.255 e. The average Bonchev–Trinajstić information content (AvgIpc) is 3.45. The van der Waals surface area contributed by atoms with E-state index < -0.39 is 5.25 Å². The fourth-order valence-corrected chi connectivity index (χ4v) is 5.90. The number of hydrogen-bond acceptors (Lipinski definition) is 6. The standard InChI is InChI=1S/C32H27N3O3S2/c1-21-10-6-7-13-25(21)30(36)33-23-16-18-24(19-17-23)40-29(22-11-4-3-5-12-22)31(37)35-32-34-27(20-39-32)26-14-8-9-15-28(26)38-2/h3-20,29H,1-2H3,(H,33,36)(H,34,35,37). The number of hydrogen-bond donors (Lipinski definition) is 2. The van der Waals surface area contributed by atoms with Gasteiger partial charge in [0, 0.05) is 27.1 Å². The van der Waals surface area contributed by atoms with Crippen molar-refractivity contribution in [2.24, 2.45) is 0 Å². The second-order valence-electron chi connectivity index (χ2n) is 8.93. The highest BCUT2D eigenvalue weighted by Crippen LogP contribution is 2.38. The summed E-state index contributed by atoms with van der Waals surface area (Å²) in [5.41, 5.74) is 4.72. The normalized spacial score (nSPS) is 11.4. The van der Waals surface area contributed by atoms with Gasteiger partial charge in [-0.3, -0.25) is 9.59 Å². The third kappa shape index (κ3) is 6.42. The maximum absolute atomic E-state index is 13.5. The number of thiazole rings is 1. The number of rotatable bonds is 9. The van der Waals surface area contributed by atoms with Crippen molar-refractivity contribution in [2.45, 2.75) is 17.1 Å². The quantitative estimate of drug-likeness (QED) is 0.178. The Labute approximate surface area is 241 Å². The maximum atomic E-state index is 13.5. The number of nitrogens with zero attached hydrogens (tertiary/aromatic N) is 1. The first-order chi connectivity index (χ1) is 19.5. The van der Waals surface area contributed by atoms with Gasteiger partial charge in [0.05, 0.1) is 12.8 Å². The minimum absolute atomic E-state index is 0.156. The third-order valence-electron chi connectivity index (χ3n) is 6.21. The number of ether oxygens (including phenoxy) is 1. The Balaban J connectivity index is 1.31. The van der Waals surface area contributed by atoms with Crippen molar-refractivity contribution in [1.82, 2.24) is 4.98 Å². The third-order valence-corrected chi connectivity index (χ3v) is 8.24. The molecule has 0 aliphatic heterocycles. The average molecular weight is 566 g/mol. The minimum atomic E-state index is -0.507. The summed E-state index contributed by atoms with van der Waals surface area (Å²) in [6.07, 6.45) is 0.